The van der Waals surface area contributed by atoms with E-state index >= 15 is 0 Å². The maximum absolute atomic E-state index is 12.0. The van der Waals surface area contributed by atoms with Gasteiger partial charge in [0.1, 0.15) is 5.60 Å². The third-order valence-electron chi connectivity index (χ3n) is 3.98. The van der Waals surface area contributed by atoms with Gasteiger partial charge in [0.2, 0.25) is 0 Å². The van der Waals surface area contributed by atoms with Crippen LogP contribution >= 0.6 is 0 Å². The Morgan fingerprint density at radius 1 is 1.20 bits per heavy atom. The predicted octanol–water partition coefficient (Wildman–Crippen LogP) is 1.88. The Morgan fingerprint density at radius 3 is 2.40 bits per heavy atom. The van der Waals surface area contributed by atoms with Crippen LogP contribution in [-0.4, -0.2) is 79.3 Å². The Bertz CT molecular complexity index is 320. The van der Waals surface area contributed by atoms with Crippen molar-refractivity contribution in [2.45, 2.75) is 45.8 Å². The van der Waals surface area contributed by atoms with Gasteiger partial charge in [-0.1, -0.05) is 13.8 Å². The van der Waals surface area contributed by atoms with Crippen LogP contribution in [0.2, 0.25) is 0 Å². The zero-order valence-corrected chi connectivity index (χ0v) is 14.0. The summed E-state index contributed by atoms with van der Waals surface area (Å²) in [6.45, 7) is 12.7. The van der Waals surface area contributed by atoms with Crippen LogP contribution in [-0.2, 0) is 4.74 Å². The van der Waals surface area contributed by atoms with Gasteiger partial charge < -0.3 is 14.5 Å². The lowest BCUT2D eigenvalue weighted by Crippen LogP contribution is -2.55. The molecule has 2 saturated heterocycles. The molecule has 0 N–H and O–H groups in total. The average molecular weight is 285 g/mol. The number of carbonyl (C=O) groups is 1. The molecule has 2 rings (SSSR count). The summed E-state index contributed by atoms with van der Waals surface area (Å²) in [6, 6.07) is 0.640. The van der Waals surface area contributed by atoms with Crippen LogP contribution in [0.3, 0.4) is 0 Å². The number of hydrogen-bond donors (Lipinski definition) is 0. The summed E-state index contributed by atoms with van der Waals surface area (Å²) >= 11 is 0. The van der Waals surface area contributed by atoms with Crippen LogP contribution < -0.4 is 0 Å². The Balaban J connectivity index is 0.000000956. The quantitative estimate of drug-likeness (QED) is 0.738. The molecule has 1 atom stereocenters. The highest BCUT2D eigenvalue weighted by molar-refractivity contribution is 5.74. The SMILES string of the molecule is CC.CC(C)N1CCOC2(CCN(C(=O)N(C)C)C2)C1. The van der Waals surface area contributed by atoms with Gasteiger partial charge in [-0.3, -0.25) is 4.90 Å². The first-order chi connectivity index (χ1) is 9.43. The van der Waals surface area contributed by atoms with E-state index in [9.17, 15) is 4.79 Å². The number of hydrogen-bond acceptors (Lipinski definition) is 3. The molecule has 2 heterocycles. The smallest absolute Gasteiger partial charge is 0.319 e. The van der Waals surface area contributed by atoms with Crippen molar-refractivity contribution in [2.75, 3.05) is 46.9 Å². The standard InChI is InChI=1S/C13H25N3O2.C2H6/c1-11(2)15-7-8-18-13(9-15)5-6-16(10-13)12(17)14(3)4;1-2/h11H,5-10H2,1-4H3;1-2H3. The molecule has 1 unspecified atom stereocenters. The van der Waals surface area contributed by atoms with Crippen molar-refractivity contribution in [2.24, 2.45) is 0 Å². The number of amides is 2. The maximum Gasteiger partial charge on any atom is 0.319 e. The van der Waals surface area contributed by atoms with Crippen LogP contribution in [0.5, 0.6) is 0 Å². The molecule has 20 heavy (non-hydrogen) atoms. The molecule has 2 fully saturated rings. The van der Waals surface area contributed by atoms with Crippen molar-refractivity contribution < 1.29 is 9.53 Å². The van der Waals surface area contributed by atoms with E-state index in [1.165, 1.54) is 0 Å². The fourth-order valence-corrected chi connectivity index (χ4v) is 2.85. The number of nitrogens with zero attached hydrogens (tertiary/aromatic N) is 3. The van der Waals surface area contributed by atoms with Gasteiger partial charge in [0.25, 0.3) is 0 Å². The van der Waals surface area contributed by atoms with Crippen molar-refractivity contribution in [1.82, 2.24) is 14.7 Å². The molecule has 118 valence electrons. The summed E-state index contributed by atoms with van der Waals surface area (Å²) in [5, 5.41) is 0. The molecule has 0 bridgehead atoms. The van der Waals surface area contributed by atoms with Gasteiger partial charge in [-0.25, -0.2) is 4.79 Å². The molecule has 2 amide bonds. The van der Waals surface area contributed by atoms with Gasteiger partial charge in [-0.15, -0.1) is 0 Å². The Labute approximate surface area is 123 Å². The van der Waals surface area contributed by atoms with Crippen molar-refractivity contribution in [3.63, 3.8) is 0 Å². The largest absolute Gasteiger partial charge is 0.370 e. The van der Waals surface area contributed by atoms with Crippen molar-refractivity contribution >= 4 is 6.03 Å². The van der Waals surface area contributed by atoms with Crippen LogP contribution in [0.4, 0.5) is 4.79 Å². The molecular weight excluding hydrogens is 254 g/mol. The van der Waals surface area contributed by atoms with Crippen molar-refractivity contribution in [3.8, 4) is 0 Å². The number of carbonyl (C=O) groups excluding carboxylic acids is 1. The van der Waals surface area contributed by atoms with Crippen molar-refractivity contribution in [3.05, 3.63) is 0 Å². The minimum atomic E-state index is -0.131. The Morgan fingerprint density at radius 2 is 1.85 bits per heavy atom. The highest BCUT2D eigenvalue weighted by Crippen LogP contribution is 2.30. The third-order valence-corrected chi connectivity index (χ3v) is 3.98. The molecule has 0 saturated carbocycles. The highest BCUT2D eigenvalue weighted by atomic mass is 16.5. The van der Waals surface area contributed by atoms with E-state index < -0.39 is 0 Å². The fraction of sp³-hybridized carbons (Fsp3) is 0.933. The summed E-state index contributed by atoms with van der Waals surface area (Å²) in [5.41, 5.74) is -0.131. The molecule has 0 aliphatic carbocycles. The number of likely N-dealkylation sites (tertiary alicyclic amines) is 1. The molecule has 0 aromatic carbocycles. The normalized spacial score (nSPS) is 26.6. The molecular formula is C15H31N3O2. The molecule has 5 nitrogen and oxygen atoms in total. The summed E-state index contributed by atoms with van der Waals surface area (Å²) in [4.78, 5) is 18.0. The Kier molecular flexibility index (Phi) is 6.27. The van der Waals surface area contributed by atoms with Crippen LogP contribution in [0.15, 0.2) is 0 Å². The predicted molar refractivity (Wildman–Crippen MR) is 82.0 cm³/mol. The number of morpholine rings is 1. The van der Waals surface area contributed by atoms with Crippen LogP contribution in [0, 0.1) is 0 Å². The molecule has 0 radical (unpaired) electrons. The van der Waals surface area contributed by atoms with E-state index in [0.29, 0.717) is 6.04 Å². The lowest BCUT2D eigenvalue weighted by Gasteiger charge is -2.42. The first-order valence-corrected chi connectivity index (χ1v) is 7.78. The first-order valence-electron chi connectivity index (χ1n) is 7.78. The lowest BCUT2D eigenvalue weighted by atomic mass is 10.00. The highest BCUT2D eigenvalue weighted by Gasteiger charge is 2.44. The zero-order valence-electron chi connectivity index (χ0n) is 14.0. The second kappa shape index (κ2) is 7.27. The maximum atomic E-state index is 12.0. The van der Waals surface area contributed by atoms with E-state index in [1.54, 1.807) is 19.0 Å². The molecule has 0 aromatic rings. The van der Waals surface area contributed by atoms with Gasteiger partial charge in [-0.2, -0.15) is 0 Å². The number of urea groups is 1. The van der Waals surface area contributed by atoms with Crippen molar-refractivity contribution in [1.29, 1.82) is 0 Å². The minimum Gasteiger partial charge on any atom is -0.370 e. The summed E-state index contributed by atoms with van der Waals surface area (Å²) in [7, 11) is 3.60. The molecule has 2 aliphatic rings. The molecule has 0 aromatic heterocycles. The molecule has 2 aliphatic heterocycles. The average Bonchev–Trinajstić information content (AvgIpc) is 2.83. The Hall–Kier alpha value is -0.810. The van der Waals surface area contributed by atoms with Gasteiger partial charge >= 0.3 is 6.03 Å². The third kappa shape index (κ3) is 3.85. The van der Waals surface area contributed by atoms with E-state index in [4.69, 9.17) is 4.74 Å². The van der Waals surface area contributed by atoms with Gasteiger partial charge in [-0.05, 0) is 20.3 Å². The summed E-state index contributed by atoms with van der Waals surface area (Å²) in [5.74, 6) is 0. The second-order valence-corrected chi connectivity index (χ2v) is 5.94. The van der Waals surface area contributed by atoms with E-state index in [1.807, 2.05) is 18.7 Å². The zero-order chi connectivity index (χ0) is 15.3. The monoisotopic (exact) mass is 285 g/mol. The van der Waals surface area contributed by atoms with E-state index in [0.717, 1.165) is 39.2 Å². The van der Waals surface area contributed by atoms with Crippen LogP contribution in [0.25, 0.3) is 0 Å². The summed E-state index contributed by atoms with van der Waals surface area (Å²) in [6.07, 6.45) is 0.954. The van der Waals surface area contributed by atoms with E-state index in [-0.39, 0.29) is 11.6 Å². The van der Waals surface area contributed by atoms with E-state index in [2.05, 4.69) is 18.7 Å². The van der Waals surface area contributed by atoms with Gasteiger partial charge in [0.15, 0.2) is 0 Å². The topological polar surface area (TPSA) is 36.0 Å². The first kappa shape index (κ1) is 17.2. The molecule has 5 heteroatoms. The molecule has 1 spiro atoms. The van der Waals surface area contributed by atoms with Crippen LogP contribution in [0.1, 0.15) is 34.1 Å². The number of ether oxygens (including phenoxy) is 1. The lowest BCUT2D eigenvalue weighted by molar-refractivity contribution is -0.107. The second-order valence-electron chi connectivity index (χ2n) is 5.94. The van der Waals surface area contributed by atoms with Gasteiger partial charge in [0, 0.05) is 39.8 Å². The van der Waals surface area contributed by atoms with Gasteiger partial charge in [0.05, 0.1) is 13.2 Å². The fourth-order valence-electron chi connectivity index (χ4n) is 2.85. The summed E-state index contributed by atoms with van der Waals surface area (Å²) < 4.78 is 6.01. The minimum absolute atomic E-state index is 0.0946. The number of rotatable bonds is 1.